The number of esters is 1. The number of urea groups is 1. The summed E-state index contributed by atoms with van der Waals surface area (Å²) in [7, 11) is 0. The molecule has 9 nitrogen and oxygen atoms in total. The van der Waals surface area contributed by atoms with Crippen molar-refractivity contribution in [2.45, 2.75) is 45.1 Å². The summed E-state index contributed by atoms with van der Waals surface area (Å²) in [6.45, 7) is 7.90. The summed E-state index contributed by atoms with van der Waals surface area (Å²) < 4.78 is 5.12. The van der Waals surface area contributed by atoms with Gasteiger partial charge < -0.3 is 25.2 Å². The van der Waals surface area contributed by atoms with Crippen LogP contribution in [0.3, 0.4) is 0 Å². The lowest BCUT2D eigenvalue weighted by Gasteiger charge is -2.48. The van der Waals surface area contributed by atoms with Crippen molar-refractivity contribution >= 4 is 35.2 Å². The number of benzene rings is 2. The van der Waals surface area contributed by atoms with Crippen LogP contribution in [0.1, 0.15) is 38.8 Å². The van der Waals surface area contributed by atoms with Crippen LogP contribution in [-0.4, -0.2) is 70.0 Å². The molecule has 4 rings (SSSR count). The molecule has 196 valence electrons. The summed E-state index contributed by atoms with van der Waals surface area (Å²) in [5.41, 5.74) is -0.629. The number of hydrogen-bond donors (Lipinski definition) is 2. The molecule has 37 heavy (non-hydrogen) atoms. The van der Waals surface area contributed by atoms with Gasteiger partial charge in [0.15, 0.2) is 16.4 Å². The van der Waals surface area contributed by atoms with Gasteiger partial charge in [-0.2, -0.15) is 0 Å². The lowest BCUT2D eigenvalue weighted by molar-refractivity contribution is -0.147. The molecule has 2 saturated heterocycles. The van der Waals surface area contributed by atoms with Crippen molar-refractivity contribution in [3.05, 3.63) is 71.8 Å². The lowest BCUT2D eigenvalue weighted by atomic mass is 9.80. The lowest BCUT2D eigenvalue weighted by Crippen LogP contribution is -2.64. The van der Waals surface area contributed by atoms with Gasteiger partial charge in [0, 0.05) is 24.2 Å². The number of nitrogens with one attached hydrogen (secondary N) is 2. The Hall–Kier alpha value is -3.66. The minimum Gasteiger partial charge on any atom is -0.462 e. The van der Waals surface area contributed by atoms with Crippen molar-refractivity contribution < 1.29 is 19.1 Å². The highest BCUT2D eigenvalue weighted by molar-refractivity contribution is 7.80. The average Bonchev–Trinajstić information content (AvgIpc) is 3.26. The van der Waals surface area contributed by atoms with Crippen molar-refractivity contribution in [1.29, 1.82) is 0 Å². The normalized spacial score (nSPS) is 22.8. The maximum absolute atomic E-state index is 13.8. The first-order valence-electron chi connectivity index (χ1n) is 12.5. The minimum absolute atomic E-state index is 0.286. The van der Waals surface area contributed by atoms with E-state index in [0.717, 1.165) is 11.1 Å². The number of fused-ring (bicyclic) bond motifs is 1. The molecule has 0 aliphatic carbocycles. The van der Waals surface area contributed by atoms with Crippen molar-refractivity contribution in [2.24, 2.45) is 0 Å². The van der Waals surface area contributed by atoms with E-state index < -0.39 is 29.2 Å². The summed E-state index contributed by atoms with van der Waals surface area (Å²) in [6, 6.07) is 18.9. The molecule has 2 unspecified atom stereocenters. The number of nitrogens with zero attached hydrogens (tertiary/aromatic N) is 3. The molecule has 2 aliphatic rings. The van der Waals surface area contributed by atoms with Gasteiger partial charge >= 0.3 is 12.0 Å². The zero-order chi connectivity index (χ0) is 26.8. The molecule has 2 aromatic carbocycles. The number of hydrogen-bond acceptors (Lipinski definition) is 5. The maximum atomic E-state index is 13.8. The molecular weight excluding hydrogens is 490 g/mol. The van der Waals surface area contributed by atoms with Gasteiger partial charge in [-0.05, 0) is 39.9 Å². The van der Waals surface area contributed by atoms with E-state index in [1.165, 1.54) is 4.90 Å². The zero-order valence-corrected chi connectivity index (χ0v) is 22.4. The summed E-state index contributed by atoms with van der Waals surface area (Å²) in [5, 5.41) is 6.42. The maximum Gasteiger partial charge on any atom is 0.325 e. The van der Waals surface area contributed by atoms with Crippen molar-refractivity contribution in [1.82, 2.24) is 25.3 Å². The van der Waals surface area contributed by atoms with Gasteiger partial charge in [-0.1, -0.05) is 60.7 Å². The van der Waals surface area contributed by atoms with Crippen LogP contribution in [0.2, 0.25) is 0 Å². The highest BCUT2D eigenvalue weighted by atomic mass is 32.1. The molecule has 3 amide bonds. The molecule has 10 heteroatoms. The second kappa shape index (κ2) is 10.4. The Morgan fingerprint density at radius 2 is 1.51 bits per heavy atom. The van der Waals surface area contributed by atoms with Crippen LogP contribution in [0.15, 0.2) is 60.7 Å². The minimum atomic E-state index is -1.18. The molecule has 2 heterocycles. The first kappa shape index (κ1) is 26.4. The van der Waals surface area contributed by atoms with Crippen molar-refractivity contribution in [3.8, 4) is 0 Å². The van der Waals surface area contributed by atoms with E-state index in [2.05, 4.69) is 10.6 Å². The molecule has 0 spiro atoms. The van der Waals surface area contributed by atoms with Crippen molar-refractivity contribution in [2.75, 3.05) is 26.2 Å². The van der Waals surface area contributed by atoms with Gasteiger partial charge in [0.25, 0.3) is 0 Å². The van der Waals surface area contributed by atoms with Crippen LogP contribution in [0.5, 0.6) is 0 Å². The van der Waals surface area contributed by atoms with Crippen LogP contribution < -0.4 is 10.6 Å². The third kappa shape index (κ3) is 4.09. The van der Waals surface area contributed by atoms with E-state index in [-0.39, 0.29) is 19.2 Å². The number of ether oxygens (including phenoxy) is 1. The Morgan fingerprint density at radius 3 is 2.05 bits per heavy atom. The smallest absolute Gasteiger partial charge is 0.325 e. The van der Waals surface area contributed by atoms with Gasteiger partial charge in [0.2, 0.25) is 5.91 Å². The SMILES string of the molecule is CCN1C(=S)N(CC)C2(c3ccccc3)N(CC(=O)NCC(=O)OC(C)C)C(=O)NC12c1ccccc1. The van der Waals surface area contributed by atoms with Gasteiger partial charge in [-0.15, -0.1) is 0 Å². The first-order valence-corrected chi connectivity index (χ1v) is 12.9. The second-order valence-electron chi connectivity index (χ2n) is 9.22. The molecule has 2 aliphatic heterocycles. The van der Waals surface area contributed by atoms with E-state index in [1.54, 1.807) is 13.8 Å². The van der Waals surface area contributed by atoms with Gasteiger partial charge in [-0.3, -0.25) is 14.5 Å². The molecule has 2 atom stereocenters. The monoisotopic (exact) mass is 523 g/mol. The number of carbonyl (C=O) groups excluding carboxylic acids is 3. The summed E-state index contributed by atoms with van der Waals surface area (Å²) in [4.78, 5) is 44.6. The van der Waals surface area contributed by atoms with Crippen LogP contribution in [0, 0.1) is 0 Å². The highest BCUT2D eigenvalue weighted by Gasteiger charge is 2.75. The largest absolute Gasteiger partial charge is 0.462 e. The number of carbonyl (C=O) groups is 3. The van der Waals surface area contributed by atoms with E-state index >= 15 is 0 Å². The third-order valence-corrected chi connectivity index (χ3v) is 7.23. The number of thiocarbonyl (C=S) groups is 1. The van der Waals surface area contributed by atoms with E-state index in [4.69, 9.17) is 17.0 Å². The van der Waals surface area contributed by atoms with Gasteiger partial charge in [0.05, 0.1) is 6.10 Å². The van der Waals surface area contributed by atoms with E-state index in [9.17, 15) is 14.4 Å². The van der Waals surface area contributed by atoms with Crippen LogP contribution in [0.4, 0.5) is 4.79 Å². The van der Waals surface area contributed by atoms with E-state index in [1.807, 2.05) is 84.3 Å². The quantitative estimate of drug-likeness (QED) is 0.386. The predicted molar refractivity (Wildman–Crippen MR) is 143 cm³/mol. The molecule has 2 fully saturated rings. The molecule has 0 saturated carbocycles. The Balaban J connectivity index is 1.86. The fourth-order valence-corrected chi connectivity index (χ4v) is 6.10. The van der Waals surface area contributed by atoms with Crippen LogP contribution >= 0.6 is 12.2 Å². The topological polar surface area (TPSA) is 94.2 Å². The number of amides is 3. The Kier molecular flexibility index (Phi) is 7.40. The second-order valence-corrected chi connectivity index (χ2v) is 9.58. The molecular formula is C27H33N5O4S. The molecule has 2 N–H and O–H groups in total. The Labute approximate surface area is 222 Å². The molecule has 0 aromatic heterocycles. The number of rotatable bonds is 9. The fourth-order valence-electron chi connectivity index (χ4n) is 5.57. The standard InChI is InChI=1S/C27H33N5O4S/c1-5-30-25(37)31(6-2)27(21-15-11-8-12-16-21)26(30,20-13-9-7-10-14-20)29-24(35)32(27)18-22(33)28-17-23(34)36-19(3)4/h7-16,19H,5-6,17-18H2,1-4H3,(H,28,33)(H,29,35). The van der Waals surface area contributed by atoms with E-state index in [0.29, 0.717) is 18.2 Å². The summed E-state index contributed by atoms with van der Waals surface area (Å²) in [6.07, 6.45) is -0.292. The predicted octanol–water partition coefficient (Wildman–Crippen LogP) is 2.73. The Morgan fingerprint density at radius 1 is 0.946 bits per heavy atom. The third-order valence-electron chi connectivity index (χ3n) is 6.78. The molecule has 0 bridgehead atoms. The number of likely N-dealkylation sites (N-methyl/N-ethyl adjacent to an activating group) is 2. The average molecular weight is 524 g/mol. The fraction of sp³-hybridized carbons (Fsp3) is 0.407. The first-order chi connectivity index (χ1) is 17.7. The zero-order valence-electron chi connectivity index (χ0n) is 21.6. The van der Waals surface area contributed by atoms with Gasteiger partial charge in [-0.25, -0.2) is 4.79 Å². The van der Waals surface area contributed by atoms with Gasteiger partial charge in [0.1, 0.15) is 13.1 Å². The molecule has 0 radical (unpaired) electrons. The van der Waals surface area contributed by atoms with Crippen molar-refractivity contribution in [3.63, 3.8) is 0 Å². The summed E-state index contributed by atoms with van der Waals surface area (Å²) >= 11 is 6.00. The van der Waals surface area contributed by atoms with Crippen LogP contribution in [-0.2, 0) is 25.7 Å². The Bertz CT molecular complexity index is 1180. The highest BCUT2D eigenvalue weighted by Crippen LogP contribution is 2.57. The van der Waals surface area contributed by atoms with Crippen LogP contribution in [0.25, 0.3) is 0 Å². The summed E-state index contributed by atoms with van der Waals surface area (Å²) in [5.74, 6) is -1.02. The molecule has 2 aromatic rings.